The normalized spacial score (nSPS) is 11.8. The Morgan fingerprint density at radius 1 is 0.970 bits per heavy atom. The average Bonchev–Trinajstić information content (AvgIpc) is 2.65. The zero-order valence-corrected chi connectivity index (χ0v) is 21.1. The average molecular weight is 479 g/mol. The lowest BCUT2D eigenvalue weighted by molar-refractivity contribution is -0.139. The van der Waals surface area contributed by atoms with Gasteiger partial charge in [0.2, 0.25) is 0 Å². The highest BCUT2D eigenvalue weighted by atomic mass is 16.6. The van der Waals surface area contributed by atoms with E-state index in [1.807, 2.05) is 0 Å². The quantitative estimate of drug-likeness (QED) is 0.363. The first-order valence-corrected chi connectivity index (χ1v) is 10.8. The van der Waals surface area contributed by atoms with Gasteiger partial charge in [-0.3, -0.25) is 0 Å². The molecule has 0 bridgehead atoms. The SMILES string of the molecule is CC[C@@H](NC(=O)OC(C)(C)C)C(=O)O.COC(=O)NCCN(CCCN)C(=O)OC(C)(C)C. The molecule has 1 atom stereocenters. The molecular formula is C21H42N4O8. The van der Waals surface area contributed by atoms with Crippen molar-refractivity contribution in [2.24, 2.45) is 5.73 Å². The summed E-state index contributed by atoms with van der Waals surface area (Å²) in [7, 11) is 1.29. The van der Waals surface area contributed by atoms with Crippen LogP contribution in [-0.2, 0) is 19.0 Å². The van der Waals surface area contributed by atoms with Crippen molar-refractivity contribution in [3.63, 3.8) is 0 Å². The van der Waals surface area contributed by atoms with E-state index in [2.05, 4.69) is 15.4 Å². The van der Waals surface area contributed by atoms with E-state index in [1.54, 1.807) is 48.5 Å². The first-order valence-electron chi connectivity index (χ1n) is 10.8. The number of methoxy groups -OCH3 is 1. The second-order valence-corrected chi connectivity index (χ2v) is 8.97. The lowest BCUT2D eigenvalue weighted by Gasteiger charge is -2.27. The van der Waals surface area contributed by atoms with Crippen LogP contribution < -0.4 is 16.4 Å². The van der Waals surface area contributed by atoms with Gasteiger partial charge in [0.25, 0.3) is 0 Å². The third-order valence-electron chi connectivity index (χ3n) is 3.52. The molecule has 0 aliphatic carbocycles. The summed E-state index contributed by atoms with van der Waals surface area (Å²) in [4.78, 5) is 46.1. The van der Waals surface area contributed by atoms with Gasteiger partial charge in [-0.1, -0.05) is 6.92 Å². The Balaban J connectivity index is 0. The van der Waals surface area contributed by atoms with Crippen LogP contribution in [0.3, 0.4) is 0 Å². The van der Waals surface area contributed by atoms with Crippen molar-refractivity contribution in [1.82, 2.24) is 15.5 Å². The fourth-order valence-electron chi connectivity index (χ4n) is 2.06. The molecule has 0 unspecified atom stereocenters. The number of nitrogens with zero attached hydrogens (tertiary/aromatic N) is 1. The Labute approximate surface area is 196 Å². The number of aliphatic carboxylic acids is 1. The molecule has 12 heteroatoms. The zero-order chi connectivity index (χ0) is 26.2. The molecule has 0 aromatic heterocycles. The van der Waals surface area contributed by atoms with E-state index in [9.17, 15) is 19.2 Å². The molecular weight excluding hydrogens is 436 g/mol. The van der Waals surface area contributed by atoms with Crippen LogP contribution in [0.1, 0.15) is 61.3 Å². The van der Waals surface area contributed by atoms with Gasteiger partial charge < -0.3 is 40.6 Å². The van der Waals surface area contributed by atoms with E-state index >= 15 is 0 Å². The molecule has 0 rings (SSSR count). The summed E-state index contributed by atoms with van der Waals surface area (Å²) in [6.07, 6.45) is -0.631. The number of alkyl carbamates (subject to hydrolysis) is 2. The van der Waals surface area contributed by atoms with Crippen LogP contribution in [0.25, 0.3) is 0 Å². The highest BCUT2D eigenvalue weighted by Crippen LogP contribution is 2.10. The van der Waals surface area contributed by atoms with Gasteiger partial charge in [0.1, 0.15) is 17.2 Å². The van der Waals surface area contributed by atoms with E-state index in [0.29, 0.717) is 39.0 Å². The summed E-state index contributed by atoms with van der Waals surface area (Å²) in [5.41, 5.74) is 4.28. The molecule has 3 amide bonds. The van der Waals surface area contributed by atoms with Crippen molar-refractivity contribution in [2.75, 3.05) is 33.3 Å². The van der Waals surface area contributed by atoms with E-state index in [4.69, 9.17) is 20.3 Å². The molecule has 0 aromatic rings. The second-order valence-electron chi connectivity index (χ2n) is 8.97. The van der Waals surface area contributed by atoms with E-state index < -0.39 is 41.5 Å². The van der Waals surface area contributed by atoms with Crippen molar-refractivity contribution in [2.45, 2.75) is 78.6 Å². The predicted molar refractivity (Wildman–Crippen MR) is 123 cm³/mol. The number of hydrogen-bond donors (Lipinski definition) is 4. The number of carbonyl (C=O) groups is 4. The number of ether oxygens (including phenoxy) is 3. The van der Waals surface area contributed by atoms with Gasteiger partial charge in [-0.25, -0.2) is 19.2 Å². The first kappa shape index (κ1) is 32.4. The first-order chi connectivity index (χ1) is 15.1. The summed E-state index contributed by atoms with van der Waals surface area (Å²) in [5.74, 6) is -1.06. The molecule has 0 saturated carbocycles. The highest BCUT2D eigenvalue weighted by molar-refractivity contribution is 5.79. The van der Waals surface area contributed by atoms with Crippen LogP contribution in [0.15, 0.2) is 0 Å². The Hall–Kier alpha value is -2.76. The van der Waals surface area contributed by atoms with Crippen LogP contribution in [-0.4, -0.2) is 84.8 Å². The van der Waals surface area contributed by atoms with E-state index in [-0.39, 0.29) is 0 Å². The molecule has 0 spiro atoms. The minimum atomic E-state index is -1.06. The fraction of sp³-hybridized carbons (Fsp3) is 0.810. The fourth-order valence-corrected chi connectivity index (χ4v) is 2.06. The lowest BCUT2D eigenvalue weighted by Crippen LogP contribution is -2.43. The predicted octanol–water partition coefficient (Wildman–Crippen LogP) is 2.30. The summed E-state index contributed by atoms with van der Waals surface area (Å²) in [6.45, 7) is 13.9. The van der Waals surface area contributed by atoms with Gasteiger partial charge in [0, 0.05) is 19.6 Å². The number of carboxylic acid groups (broad SMARTS) is 1. The van der Waals surface area contributed by atoms with E-state index in [1.165, 1.54) is 12.0 Å². The molecule has 5 N–H and O–H groups in total. The third-order valence-corrected chi connectivity index (χ3v) is 3.52. The molecule has 0 saturated heterocycles. The summed E-state index contributed by atoms with van der Waals surface area (Å²) in [6, 6.07) is -0.884. The molecule has 0 aliphatic rings. The summed E-state index contributed by atoms with van der Waals surface area (Å²) >= 11 is 0. The standard InChI is InChI=1S/C12H25N3O4.C9H17NO4/c1-12(2,3)19-11(17)15(8-5-6-13)9-7-14-10(16)18-4;1-5-6(7(11)12)10-8(13)14-9(2,3)4/h5-9,13H2,1-4H3,(H,14,16);6H,5H2,1-4H3,(H,10,13)(H,11,12)/t;6-/m.1/s1. The van der Waals surface area contributed by atoms with E-state index in [0.717, 1.165) is 0 Å². The van der Waals surface area contributed by atoms with Gasteiger partial charge in [-0.15, -0.1) is 0 Å². The van der Waals surface area contributed by atoms with Crippen LogP contribution in [0.5, 0.6) is 0 Å². The smallest absolute Gasteiger partial charge is 0.410 e. The van der Waals surface area contributed by atoms with Crippen molar-refractivity contribution in [1.29, 1.82) is 0 Å². The van der Waals surface area contributed by atoms with Crippen LogP contribution in [0.4, 0.5) is 14.4 Å². The molecule has 0 aromatic carbocycles. The van der Waals surface area contributed by atoms with Gasteiger partial charge >= 0.3 is 24.2 Å². The van der Waals surface area contributed by atoms with Crippen molar-refractivity contribution >= 4 is 24.2 Å². The highest BCUT2D eigenvalue weighted by Gasteiger charge is 2.23. The third kappa shape index (κ3) is 19.6. The molecule has 0 fully saturated rings. The maximum absolute atomic E-state index is 11.9. The molecule has 0 aliphatic heterocycles. The van der Waals surface area contributed by atoms with Crippen molar-refractivity contribution in [3.05, 3.63) is 0 Å². The Morgan fingerprint density at radius 2 is 1.52 bits per heavy atom. The number of hydrogen-bond acceptors (Lipinski definition) is 8. The number of amides is 3. The Morgan fingerprint density at radius 3 is 1.91 bits per heavy atom. The lowest BCUT2D eigenvalue weighted by atomic mass is 10.2. The topological polar surface area (TPSA) is 170 Å². The van der Waals surface area contributed by atoms with Gasteiger partial charge in [-0.2, -0.15) is 0 Å². The van der Waals surface area contributed by atoms with Crippen molar-refractivity contribution < 1.29 is 38.5 Å². The number of carbonyl (C=O) groups excluding carboxylic acids is 3. The monoisotopic (exact) mass is 478 g/mol. The Kier molecular flexibility index (Phi) is 15.7. The van der Waals surface area contributed by atoms with Crippen LogP contribution >= 0.6 is 0 Å². The van der Waals surface area contributed by atoms with Gasteiger partial charge in [-0.05, 0) is 60.9 Å². The number of carboxylic acids is 1. The minimum Gasteiger partial charge on any atom is -0.480 e. The molecule has 0 radical (unpaired) electrons. The van der Waals surface area contributed by atoms with Gasteiger partial charge in [0.05, 0.1) is 7.11 Å². The number of rotatable bonds is 9. The number of nitrogens with two attached hydrogens (primary N) is 1. The molecule has 33 heavy (non-hydrogen) atoms. The second kappa shape index (κ2) is 15.9. The van der Waals surface area contributed by atoms with Crippen molar-refractivity contribution in [3.8, 4) is 0 Å². The van der Waals surface area contributed by atoms with Crippen LogP contribution in [0.2, 0.25) is 0 Å². The zero-order valence-electron chi connectivity index (χ0n) is 21.1. The number of nitrogens with one attached hydrogen (secondary N) is 2. The maximum atomic E-state index is 11.9. The maximum Gasteiger partial charge on any atom is 0.410 e. The minimum absolute atomic E-state index is 0.302. The molecule has 194 valence electrons. The molecule has 0 heterocycles. The Bertz CT molecular complexity index is 614. The largest absolute Gasteiger partial charge is 0.480 e. The summed E-state index contributed by atoms with van der Waals surface area (Å²) < 4.78 is 14.6. The molecule has 12 nitrogen and oxygen atoms in total. The summed E-state index contributed by atoms with van der Waals surface area (Å²) in [5, 5.41) is 13.4. The van der Waals surface area contributed by atoms with Gasteiger partial charge in [0.15, 0.2) is 0 Å². The van der Waals surface area contributed by atoms with Crippen LogP contribution in [0, 0.1) is 0 Å².